The fourth-order valence-electron chi connectivity index (χ4n) is 1.57. The van der Waals surface area contributed by atoms with Crippen molar-refractivity contribution in [1.29, 1.82) is 0 Å². The highest BCUT2D eigenvalue weighted by molar-refractivity contribution is 5.25. The molecule has 0 aliphatic carbocycles. The maximum Gasteiger partial charge on any atom is 0.421 e. The highest BCUT2D eigenvalue weighted by Crippen LogP contribution is 2.39. The number of hydrogen-bond acceptors (Lipinski definition) is 2. The molecule has 0 aromatic carbocycles. The van der Waals surface area contributed by atoms with Crippen LogP contribution in [0.1, 0.15) is 38.1 Å². The molecule has 0 bridgehead atoms. The molecule has 0 saturated carbocycles. The lowest BCUT2D eigenvalue weighted by molar-refractivity contribution is -0.259. The van der Waals surface area contributed by atoms with E-state index in [0.29, 0.717) is 5.69 Å². The van der Waals surface area contributed by atoms with Crippen molar-refractivity contribution in [3.05, 3.63) is 17.5 Å². The van der Waals surface area contributed by atoms with Crippen LogP contribution < -0.4 is 0 Å². The topological polar surface area (TPSA) is 38.1 Å². The summed E-state index contributed by atoms with van der Waals surface area (Å²) in [5, 5.41) is 13.4. The Bertz CT molecular complexity index is 380. The number of halogens is 3. The van der Waals surface area contributed by atoms with Crippen LogP contribution in [0.2, 0.25) is 0 Å². The molecule has 1 aromatic rings. The van der Waals surface area contributed by atoms with E-state index >= 15 is 0 Å². The zero-order chi connectivity index (χ0) is 12.7. The third-order valence-electron chi connectivity index (χ3n) is 2.61. The average Bonchev–Trinajstić information content (AvgIpc) is 2.44. The van der Waals surface area contributed by atoms with E-state index < -0.39 is 11.8 Å². The summed E-state index contributed by atoms with van der Waals surface area (Å²) in [6, 6.07) is -0.0437. The molecule has 0 amide bonds. The molecule has 0 spiro atoms. The van der Waals surface area contributed by atoms with Crippen LogP contribution in [0.4, 0.5) is 13.2 Å². The Kier molecular flexibility index (Phi) is 3.06. The van der Waals surface area contributed by atoms with Gasteiger partial charge in [0, 0.05) is 17.3 Å². The molecule has 1 heterocycles. The summed E-state index contributed by atoms with van der Waals surface area (Å²) >= 11 is 0. The van der Waals surface area contributed by atoms with E-state index in [-0.39, 0.29) is 11.6 Å². The third-order valence-corrected chi connectivity index (χ3v) is 2.61. The van der Waals surface area contributed by atoms with Crippen molar-refractivity contribution in [1.82, 2.24) is 9.78 Å². The van der Waals surface area contributed by atoms with Crippen molar-refractivity contribution >= 4 is 0 Å². The third kappa shape index (κ3) is 1.93. The Labute approximate surface area is 91.9 Å². The minimum absolute atomic E-state index is 0.0437. The Morgan fingerprint density at radius 2 is 1.88 bits per heavy atom. The van der Waals surface area contributed by atoms with Gasteiger partial charge in [-0.25, -0.2) is 0 Å². The van der Waals surface area contributed by atoms with Crippen LogP contribution in [0.25, 0.3) is 0 Å². The molecule has 3 nitrogen and oxygen atoms in total. The number of aromatic nitrogens is 2. The van der Waals surface area contributed by atoms with Gasteiger partial charge in [-0.15, -0.1) is 0 Å². The Morgan fingerprint density at radius 1 is 1.38 bits per heavy atom. The van der Waals surface area contributed by atoms with Crippen molar-refractivity contribution in [2.24, 2.45) is 0 Å². The summed E-state index contributed by atoms with van der Waals surface area (Å²) < 4.78 is 39.3. The molecule has 1 atom stereocenters. The zero-order valence-corrected chi connectivity index (χ0v) is 9.63. The Balaban J connectivity index is 3.25. The summed E-state index contributed by atoms with van der Waals surface area (Å²) in [5.74, 6) is 0. The van der Waals surface area contributed by atoms with Crippen molar-refractivity contribution in [3.63, 3.8) is 0 Å². The lowest BCUT2D eigenvalue weighted by Gasteiger charge is -2.26. The highest BCUT2D eigenvalue weighted by atomic mass is 19.4. The van der Waals surface area contributed by atoms with Gasteiger partial charge in [0.1, 0.15) is 0 Å². The summed E-state index contributed by atoms with van der Waals surface area (Å²) in [5.41, 5.74) is -2.73. The van der Waals surface area contributed by atoms with E-state index in [1.54, 1.807) is 0 Å². The van der Waals surface area contributed by atoms with E-state index in [2.05, 4.69) is 5.10 Å². The number of hydrogen-bond donors (Lipinski definition) is 1. The molecule has 6 heteroatoms. The number of alkyl halides is 3. The van der Waals surface area contributed by atoms with Crippen molar-refractivity contribution in [2.75, 3.05) is 0 Å². The molecule has 0 fully saturated rings. The predicted octanol–water partition coefficient (Wildman–Crippen LogP) is 2.54. The Morgan fingerprint density at radius 3 is 2.19 bits per heavy atom. The molecule has 1 N–H and O–H groups in total. The number of nitrogens with zero attached hydrogens (tertiary/aromatic N) is 2. The summed E-state index contributed by atoms with van der Waals surface area (Å²) in [7, 11) is 0. The molecule has 92 valence electrons. The van der Waals surface area contributed by atoms with Crippen LogP contribution in [0.5, 0.6) is 0 Å². The van der Waals surface area contributed by atoms with Gasteiger partial charge in [-0.1, -0.05) is 0 Å². The second kappa shape index (κ2) is 3.76. The molecular formula is C10H15F3N2O. The lowest BCUT2D eigenvalue weighted by Crippen LogP contribution is -2.39. The minimum Gasteiger partial charge on any atom is -0.376 e. The first-order chi connectivity index (χ1) is 7.09. The van der Waals surface area contributed by atoms with Gasteiger partial charge in [-0.3, -0.25) is 4.68 Å². The average molecular weight is 236 g/mol. The van der Waals surface area contributed by atoms with E-state index in [1.165, 1.54) is 11.6 Å². The van der Waals surface area contributed by atoms with Crippen LogP contribution in [0, 0.1) is 6.92 Å². The standard InChI is InChI=1S/C10H15F3N2O/c1-6(2)15-7(3)8(5-14-15)9(4,16)10(11,12)13/h5-6,16H,1-4H3. The number of rotatable bonds is 2. The first kappa shape index (κ1) is 13.0. The van der Waals surface area contributed by atoms with Crippen LogP contribution in [0.3, 0.4) is 0 Å². The van der Waals surface area contributed by atoms with E-state index in [1.807, 2.05) is 13.8 Å². The smallest absolute Gasteiger partial charge is 0.376 e. The first-order valence-electron chi connectivity index (χ1n) is 4.92. The lowest BCUT2D eigenvalue weighted by atomic mass is 9.96. The molecule has 16 heavy (non-hydrogen) atoms. The van der Waals surface area contributed by atoms with E-state index in [0.717, 1.165) is 13.1 Å². The molecule has 0 aliphatic heterocycles. The maximum atomic E-state index is 12.6. The van der Waals surface area contributed by atoms with Crippen molar-refractivity contribution < 1.29 is 18.3 Å². The largest absolute Gasteiger partial charge is 0.421 e. The normalized spacial score (nSPS) is 16.6. The number of aliphatic hydroxyl groups is 1. The van der Waals surface area contributed by atoms with E-state index in [4.69, 9.17) is 0 Å². The SMILES string of the molecule is Cc1c(C(C)(O)C(F)(F)F)cnn1C(C)C. The van der Waals surface area contributed by atoms with Crippen LogP contribution in [-0.4, -0.2) is 21.1 Å². The van der Waals surface area contributed by atoms with Crippen LogP contribution in [0.15, 0.2) is 6.20 Å². The minimum atomic E-state index is -4.71. The van der Waals surface area contributed by atoms with E-state index in [9.17, 15) is 18.3 Å². The van der Waals surface area contributed by atoms with Gasteiger partial charge in [0.05, 0.1) is 6.20 Å². The molecule has 1 rings (SSSR count). The summed E-state index contributed by atoms with van der Waals surface area (Å²) in [6.45, 7) is 5.88. The summed E-state index contributed by atoms with van der Waals surface area (Å²) in [4.78, 5) is 0. The second-order valence-corrected chi connectivity index (χ2v) is 4.25. The van der Waals surface area contributed by atoms with Crippen LogP contribution >= 0.6 is 0 Å². The van der Waals surface area contributed by atoms with Crippen molar-refractivity contribution in [3.8, 4) is 0 Å². The fraction of sp³-hybridized carbons (Fsp3) is 0.700. The van der Waals surface area contributed by atoms with Gasteiger partial charge in [0.2, 0.25) is 0 Å². The Hall–Kier alpha value is -1.04. The molecule has 0 radical (unpaired) electrons. The zero-order valence-electron chi connectivity index (χ0n) is 9.63. The summed E-state index contributed by atoms with van der Waals surface area (Å²) in [6.07, 6.45) is -3.63. The molecule has 1 aromatic heterocycles. The van der Waals surface area contributed by atoms with Gasteiger partial charge in [0.25, 0.3) is 0 Å². The highest BCUT2D eigenvalue weighted by Gasteiger charge is 2.52. The molecule has 0 aliphatic rings. The molecular weight excluding hydrogens is 221 g/mol. The quantitative estimate of drug-likeness (QED) is 0.856. The first-order valence-corrected chi connectivity index (χ1v) is 4.92. The maximum absolute atomic E-state index is 12.6. The van der Waals surface area contributed by atoms with Gasteiger partial charge >= 0.3 is 6.18 Å². The van der Waals surface area contributed by atoms with Gasteiger partial charge in [0.15, 0.2) is 5.60 Å². The second-order valence-electron chi connectivity index (χ2n) is 4.25. The van der Waals surface area contributed by atoms with Gasteiger partial charge in [-0.05, 0) is 27.7 Å². The van der Waals surface area contributed by atoms with Crippen molar-refractivity contribution in [2.45, 2.75) is 45.5 Å². The molecule has 0 saturated heterocycles. The van der Waals surface area contributed by atoms with Crippen LogP contribution in [-0.2, 0) is 5.60 Å². The molecule has 1 unspecified atom stereocenters. The van der Waals surface area contributed by atoms with Gasteiger partial charge in [-0.2, -0.15) is 18.3 Å². The van der Waals surface area contributed by atoms with Gasteiger partial charge < -0.3 is 5.11 Å². The monoisotopic (exact) mass is 236 g/mol. The fourth-order valence-corrected chi connectivity index (χ4v) is 1.57. The predicted molar refractivity (Wildman–Crippen MR) is 53.0 cm³/mol.